The van der Waals surface area contributed by atoms with Crippen LogP contribution in [0.15, 0.2) is 15.9 Å². The smallest absolute Gasteiger partial charge is 0.0558 e. The van der Waals surface area contributed by atoms with Crippen LogP contribution in [0, 0.1) is 0 Å². The van der Waals surface area contributed by atoms with Crippen LogP contribution < -0.4 is 0 Å². The second-order valence-electron chi connectivity index (χ2n) is 3.97. The van der Waals surface area contributed by atoms with Gasteiger partial charge in [0.15, 0.2) is 0 Å². The Morgan fingerprint density at radius 1 is 1.53 bits per heavy atom. The molecule has 1 heterocycles. The zero-order valence-electron chi connectivity index (χ0n) is 8.66. The standard InChI is InChI=1S/C11H16BrNOS/c12-10-4-7-15-11(10)8-13(5-6-14)9-2-1-3-9/h4,7,9,14H,1-3,5-6,8H2. The lowest BCUT2D eigenvalue weighted by atomic mass is 9.91. The van der Waals surface area contributed by atoms with Gasteiger partial charge in [-0.15, -0.1) is 11.3 Å². The van der Waals surface area contributed by atoms with Crippen LogP contribution in [0.25, 0.3) is 0 Å². The molecule has 1 aromatic rings. The fraction of sp³-hybridized carbons (Fsp3) is 0.636. The molecule has 0 bridgehead atoms. The molecule has 15 heavy (non-hydrogen) atoms. The summed E-state index contributed by atoms with van der Waals surface area (Å²) in [7, 11) is 0. The Kier molecular flexibility index (Phi) is 4.20. The molecule has 1 fully saturated rings. The molecule has 0 aliphatic heterocycles. The summed E-state index contributed by atoms with van der Waals surface area (Å²) in [6.45, 7) is 2.04. The van der Waals surface area contributed by atoms with E-state index < -0.39 is 0 Å². The van der Waals surface area contributed by atoms with Crippen LogP contribution in [0.2, 0.25) is 0 Å². The third-order valence-electron chi connectivity index (χ3n) is 3.02. The summed E-state index contributed by atoms with van der Waals surface area (Å²) < 4.78 is 1.20. The van der Waals surface area contributed by atoms with E-state index in [-0.39, 0.29) is 6.61 Å². The molecule has 0 unspecified atom stereocenters. The van der Waals surface area contributed by atoms with Gasteiger partial charge in [0.25, 0.3) is 0 Å². The molecule has 0 amide bonds. The lowest BCUT2D eigenvalue weighted by Crippen LogP contribution is -2.41. The number of halogens is 1. The molecule has 2 nitrogen and oxygen atoms in total. The molecule has 1 aliphatic carbocycles. The molecular formula is C11H16BrNOS. The van der Waals surface area contributed by atoms with Gasteiger partial charge in [-0.25, -0.2) is 0 Å². The van der Waals surface area contributed by atoms with E-state index in [9.17, 15) is 0 Å². The molecule has 1 aliphatic rings. The van der Waals surface area contributed by atoms with Gasteiger partial charge in [0, 0.05) is 28.5 Å². The third-order valence-corrected chi connectivity index (χ3v) is 4.93. The average molecular weight is 290 g/mol. The van der Waals surface area contributed by atoms with Crippen molar-refractivity contribution in [3.05, 3.63) is 20.8 Å². The molecule has 0 spiro atoms. The molecule has 1 saturated carbocycles. The third kappa shape index (κ3) is 2.81. The van der Waals surface area contributed by atoms with Crippen molar-refractivity contribution >= 4 is 27.3 Å². The highest BCUT2D eigenvalue weighted by atomic mass is 79.9. The van der Waals surface area contributed by atoms with Gasteiger partial charge in [-0.2, -0.15) is 0 Å². The Balaban J connectivity index is 1.96. The van der Waals surface area contributed by atoms with Gasteiger partial charge < -0.3 is 5.11 Å². The summed E-state index contributed by atoms with van der Waals surface area (Å²) in [6, 6.07) is 2.80. The number of nitrogens with zero attached hydrogens (tertiary/aromatic N) is 1. The zero-order chi connectivity index (χ0) is 10.7. The number of aliphatic hydroxyl groups excluding tert-OH is 1. The molecule has 0 aromatic carbocycles. The molecular weight excluding hydrogens is 274 g/mol. The molecule has 0 atom stereocenters. The Morgan fingerprint density at radius 3 is 2.80 bits per heavy atom. The number of hydrogen-bond acceptors (Lipinski definition) is 3. The Hall–Kier alpha value is 0.100. The van der Waals surface area contributed by atoms with Gasteiger partial charge >= 0.3 is 0 Å². The van der Waals surface area contributed by atoms with Crippen molar-refractivity contribution < 1.29 is 5.11 Å². The minimum Gasteiger partial charge on any atom is -0.395 e. The van der Waals surface area contributed by atoms with Gasteiger partial charge in [-0.05, 0) is 40.2 Å². The maximum atomic E-state index is 9.05. The molecule has 84 valence electrons. The van der Waals surface area contributed by atoms with Crippen molar-refractivity contribution in [1.29, 1.82) is 0 Å². The van der Waals surface area contributed by atoms with Crippen molar-refractivity contribution in [2.24, 2.45) is 0 Å². The molecule has 4 heteroatoms. The highest BCUT2D eigenvalue weighted by molar-refractivity contribution is 9.10. The number of aliphatic hydroxyl groups is 1. The zero-order valence-corrected chi connectivity index (χ0v) is 11.1. The largest absolute Gasteiger partial charge is 0.395 e. The minimum absolute atomic E-state index is 0.263. The predicted molar refractivity (Wildman–Crippen MR) is 67.2 cm³/mol. The van der Waals surface area contributed by atoms with Crippen LogP contribution in [0.4, 0.5) is 0 Å². The summed E-state index contributed by atoms with van der Waals surface area (Å²) in [5.41, 5.74) is 0. The van der Waals surface area contributed by atoms with E-state index in [2.05, 4.69) is 32.3 Å². The van der Waals surface area contributed by atoms with E-state index in [1.54, 1.807) is 11.3 Å². The number of hydrogen-bond donors (Lipinski definition) is 1. The molecule has 1 aromatic heterocycles. The first kappa shape index (κ1) is 11.6. The molecule has 0 saturated heterocycles. The lowest BCUT2D eigenvalue weighted by Gasteiger charge is -2.37. The van der Waals surface area contributed by atoms with Gasteiger partial charge in [0.05, 0.1) is 6.61 Å². The van der Waals surface area contributed by atoms with Crippen molar-refractivity contribution in [2.45, 2.75) is 31.8 Å². The van der Waals surface area contributed by atoms with E-state index in [1.807, 2.05) is 0 Å². The van der Waals surface area contributed by atoms with Crippen LogP contribution in [0.3, 0.4) is 0 Å². The molecule has 2 rings (SSSR count). The quantitative estimate of drug-likeness (QED) is 0.901. The normalized spacial score (nSPS) is 17.0. The average Bonchev–Trinajstić information content (AvgIpc) is 2.49. The van der Waals surface area contributed by atoms with Crippen LogP contribution in [-0.4, -0.2) is 29.2 Å². The SMILES string of the molecule is OCCN(Cc1sccc1Br)C1CCC1. The van der Waals surface area contributed by atoms with E-state index >= 15 is 0 Å². The first-order chi connectivity index (χ1) is 7.31. The van der Waals surface area contributed by atoms with Crippen molar-refractivity contribution in [3.8, 4) is 0 Å². The van der Waals surface area contributed by atoms with Crippen LogP contribution in [0.5, 0.6) is 0 Å². The van der Waals surface area contributed by atoms with Crippen molar-refractivity contribution in [1.82, 2.24) is 4.90 Å². The van der Waals surface area contributed by atoms with Crippen molar-refractivity contribution in [2.75, 3.05) is 13.2 Å². The summed E-state index contributed by atoms with van der Waals surface area (Å²) >= 11 is 5.34. The fourth-order valence-corrected chi connectivity index (χ4v) is 3.40. The minimum atomic E-state index is 0.263. The summed E-state index contributed by atoms with van der Waals surface area (Å²) in [6.07, 6.45) is 3.93. The monoisotopic (exact) mass is 289 g/mol. The second-order valence-corrected chi connectivity index (χ2v) is 5.83. The van der Waals surface area contributed by atoms with Gasteiger partial charge in [-0.3, -0.25) is 4.90 Å². The van der Waals surface area contributed by atoms with Gasteiger partial charge in [0.2, 0.25) is 0 Å². The van der Waals surface area contributed by atoms with Crippen LogP contribution in [-0.2, 0) is 6.54 Å². The first-order valence-electron chi connectivity index (χ1n) is 5.38. The Morgan fingerprint density at radius 2 is 2.33 bits per heavy atom. The second kappa shape index (κ2) is 5.43. The predicted octanol–water partition coefficient (Wildman–Crippen LogP) is 2.86. The maximum Gasteiger partial charge on any atom is 0.0558 e. The molecule has 1 N–H and O–H groups in total. The van der Waals surface area contributed by atoms with E-state index in [1.165, 1.54) is 28.6 Å². The lowest BCUT2D eigenvalue weighted by molar-refractivity contribution is 0.0954. The van der Waals surface area contributed by atoms with Gasteiger partial charge in [0.1, 0.15) is 0 Å². The van der Waals surface area contributed by atoms with E-state index in [4.69, 9.17) is 5.11 Å². The fourth-order valence-electron chi connectivity index (χ4n) is 1.89. The first-order valence-corrected chi connectivity index (χ1v) is 7.05. The number of thiophene rings is 1. The van der Waals surface area contributed by atoms with Crippen LogP contribution >= 0.6 is 27.3 Å². The highest BCUT2D eigenvalue weighted by Crippen LogP contribution is 2.29. The summed E-state index contributed by atoms with van der Waals surface area (Å²) in [4.78, 5) is 3.77. The Labute approximate surface area is 103 Å². The maximum absolute atomic E-state index is 9.05. The number of rotatable bonds is 5. The van der Waals surface area contributed by atoms with Crippen LogP contribution in [0.1, 0.15) is 24.1 Å². The Bertz CT molecular complexity index is 311. The highest BCUT2D eigenvalue weighted by Gasteiger charge is 2.25. The van der Waals surface area contributed by atoms with E-state index in [0.29, 0.717) is 6.04 Å². The summed E-state index contributed by atoms with van der Waals surface area (Å²) in [5, 5.41) is 11.2. The van der Waals surface area contributed by atoms with Crippen molar-refractivity contribution in [3.63, 3.8) is 0 Å². The van der Waals surface area contributed by atoms with E-state index in [0.717, 1.165) is 13.1 Å². The topological polar surface area (TPSA) is 23.5 Å². The molecule has 0 radical (unpaired) electrons. The summed E-state index contributed by atoms with van der Waals surface area (Å²) in [5.74, 6) is 0. The van der Waals surface area contributed by atoms with Gasteiger partial charge in [-0.1, -0.05) is 6.42 Å².